The SMILES string of the molecule is COc1cccc(CN(C(=O)Nc2cccc([N+](=O)[O-])c2)C2CCC(O)CC2)c1. The number of carbonyl (C=O) groups excluding carboxylic acids is 1. The first kappa shape index (κ1) is 20.6. The van der Waals surface area contributed by atoms with E-state index in [9.17, 15) is 20.0 Å². The number of anilines is 1. The normalized spacial score (nSPS) is 18.7. The Labute approximate surface area is 169 Å². The van der Waals surface area contributed by atoms with Crippen LogP contribution in [0.3, 0.4) is 0 Å². The molecule has 0 unspecified atom stereocenters. The quantitative estimate of drug-likeness (QED) is 0.565. The standard InChI is InChI=1S/C21H25N3O5/c1-29-20-7-2-4-15(12-20)14-23(17-8-10-19(25)11-9-17)21(26)22-16-5-3-6-18(13-16)24(27)28/h2-7,12-13,17,19,25H,8-11,14H2,1H3,(H,22,26). The third-order valence-corrected chi connectivity index (χ3v) is 5.16. The van der Waals surface area contributed by atoms with Gasteiger partial charge in [-0.15, -0.1) is 0 Å². The number of nitro groups is 1. The van der Waals surface area contributed by atoms with E-state index < -0.39 is 4.92 Å². The van der Waals surface area contributed by atoms with Crippen molar-refractivity contribution in [1.29, 1.82) is 0 Å². The first-order chi connectivity index (χ1) is 14.0. The molecule has 154 valence electrons. The van der Waals surface area contributed by atoms with Crippen LogP contribution in [-0.4, -0.2) is 40.2 Å². The third-order valence-electron chi connectivity index (χ3n) is 5.16. The van der Waals surface area contributed by atoms with E-state index in [-0.39, 0.29) is 23.9 Å². The first-order valence-electron chi connectivity index (χ1n) is 9.59. The third kappa shape index (κ3) is 5.45. The Kier molecular flexibility index (Phi) is 6.66. The number of non-ortho nitro benzene ring substituents is 1. The van der Waals surface area contributed by atoms with Crippen molar-refractivity contribution in [1.82, 2.24) is 4.90 Å². The highest BCUT2D eigenvalue weighted by atomic mass is 16.6. The summed E-state index contributed by atoms with van der Waals surface area (Å²) in [5.41, 5.74) is 1.21. The van der Waals surface area contributed by atoms with Crippen LogP contribution in [0.25, 0.3) is 0 Å². The summed E-state index contributed by atoms with van der Waals surface area (Å²) >= 11 is 0. The average Bonchev–Trinajstić information content (AvgIpc) is 2.73. The van der Waals surface area contributed by atoms with Gasteiger partial charge in [-0.3, -0.25) is 10.1 Å². The summed E-state index contributed by atoms with van der Waals surface area (Å²) in [5.74, 6) is 0.709. The maximum atomic E-state index is 13.1. The average molecular weight is 399 g/mol. The zero-order chi connectivity index (χ0) is 20.8. The predicted molar refractivity (Wildman–Crippen MR) is 109 cm³/mol. The molecular formula is C21H25N3O5. The number of ether oxygens (including phenoxy) is 1. The molecule has 8 heteroatoms. The number of hydrogen-bond acceptors (Lipinski definition) is 5. The van der Waals surface area contributed by atoms with Gasteiger partial charge in [0.2, 0.25) is 0 Å². The largest absolute Gasteiger partial charge is 0.497 e. The summed E-state index contributed by atoms with van der Waals surface area (Å²) in [6, 6.07) is 13.1. The van der Waals surface area contributed by atoms with E-state index in [0.29, 0.717) is 43.7 Å². The summed E-state index contributed by atoms with van der Waals surface area (Å²) in [7, 11) is 1.59. The van der Waals surface area contributed by atoms with E-state index >= 15 is 0 Å². The molecule has 0 bridgehead atoms. The Hall–Kier alpha value is -3.13. The van der Waals surface area contributed by atoms with E-state index in [0.717, 1.165) is 5.56 Å². The summed E-state index contributed by atoms with van der Waals surface area (Å²) in [6.07, 6.45) is 2.36. The molecule has 0 spiro atoms. The molecule has 1 saturated carbocycles. The van der Waals surface area contributed by atoms with Crippen LogP contribution < -0.4 is 10.1 Å². The topological polar surface area (TPSA) is 105 Å². The number of aliphatic hydroxyl groups is 1. The Morgan fingerprint density at radius 1 is 1.21 bits per heavy atom. The first-order valence-corrected chi connectivity index (χ1v) is 9.59. The molecule has 2 N–H and O–H groups in total. The highest BCUT2D eigenvalue weighted by Crippen LogP contribution is 2.27. The van der Waals surface area contributed by atoms with Gasteiger partial charge in [-0.05, 0) is 49.4 Å². The maximum Gasteiger partial charge on any atom is 0.322 e. The fourth-order valence-corrected chi connectivity index (χ4v) is 3.60. The molecule has 0 atom stereocenters. The van der Waals surface area contributed by atoms with E-state index in [4.69, 9.17) is 4.74 Å². The van der Waals surface area contributed by atoms with Crippen LogP contribution in [-0.2, 0) is 6.54 Å². The number of carbonyl (C=O) groups is 1. The van der Waals surface area contributed by atoms with Gasteiger partial charge in [0.15, 0.2) is 0 Å². The molecule has 0 saturated heterocycles. The Bertz CT molecular complexity index is 865. The lowest BCUT2D eigenvalue weighted by atomic mass is 9.92. The number of nitro benzene ring substituents is 1. The lowest BCUT2D eigenvalue weighted by molar-refractivity contribution is -0.384. The van der Waals surface area contributed by atoms with Crippen LogP contribution in [0.1, 0.15) is 31.2 Å². The van der Waals surface area contributed by atoms with Crippen LogP contribution in [0.2, 0.25) is 0 Å². The summed E-state index contributed by atoms with van der Waals surface area (Å²) in [4.78, 5) is 25.3. The number of hydrogen-bond donors (Lipinski definition) is 2. The van der Waals surface area contributed by atoms with E-state index in [1.165, 1.54) is 18.2 Å². The van der Waals surface area contributed by atoms with Gasteiger partial charge >= 0.3 is 6.03 Å². The smallest absolute Gasteiger partial charge is 0.322 e. The van der Waals surface area contributed by atoms with Gasteiger partial charge in [-0.2, -0.15) is 0 Å². The highest BCUT2D eigenvalue weighted by molar-refractivity contribution is 5.90. The molecule has 0 heterocycles. The van der Waals surface area contributed by atoms with Gasteiger partial charge in [0, 0.05) is 30.4 Å². The number of nitrogens with one attached hydrogen (secondary N) is 1. The van der Waals surface area contributed by atoms with Crippen LogP contribution in [0, 0.1) is 10.1 Å². The van der Waals surface area contributed by atoms with Crippen molar-refractivity contribution in [3.8, 4) is 5.75 Å². The zero-order valence-electron chi connectivity index (χ0n) is 16.3. The van der Waals surface area contributed by atoms with Crippen LogP contribution in [0.5, 0.6) is 5.75 Å². The molecule has 8 nitrogen and oxygen atoms in total. The number of aliphatic hydroxyl groups excluding tert-OH is 1. The molecule has 0 aliphatic heterocycles. The molecule has 2 aromatic rings. The van der Waals surface area contributed by atoms with Crippen molar-refractivity contribution in [3.05, 3.63) is 64.2 Å². The van der Waals surface area contributed by atoms with E-state index in [1.807, 2.05) is 24.3 Å². The van der Waals surface area contributed by atoms with Gasteiger partial charge < -0.3 is 20.1 Å². The fourth-order valence-electron chi connectivity index (χ4n) is 3.60. The highest BCUT2D eigenvalue weighted by Gasteiger charge is 2.28. The molecule has 0 radical (unpaired) electrons. The molecule has 0 aromatic heterocycles. The molecule has 29 heavy (non-hydrogen) atoms. The van der Waals surface area contributed by atoms with Crippen molar-refractivity contribution in [2.24, 2.45) is 0 Å². The second kappa shape index (κ2) is 9.38. The van der Waals surface area contributed by atoms with Gasteiger partial charge in [-0.1, -0.05) is 18.2 Å². The molecular weight excluding hydrogens is 374 g/mol. The van der Waals surface area contributed by atoms with Gasteiger partial charge in [0.25, 0.3) is 5.69 Å². The van der Waals surface area contributed by atoms with Gasteiger partial charge in [0.1, 0.15) is 5.75 Å². The van der Waals surface area contributed by atoms with Crippen molar-refractivity contribution in [2.45, 2.75) is 44.4 Å². The minimum Gasteiger partial charge on any atom is -0.497 e. The number of rotatable bonds is 6. The van der Waals surface area contributed by atoms with Gasteiger partial charge in [-0.25, -0.2) is 4.79 Å². The molecule has 1 aliphatic carbocycles. The Balaban J connectivity index is 1.80. The Morgan fingerprint density at radius 3 is 2.62 bits per heavy atom. The van der Waals surface area contributed by atoms with Crippen molar-refractivity contribution in [2.75, 3.05) is 12.4 Å². The molecule has 2 aromatic carbocycles. The minimum absolute atomic E-state index is 0.0247. The predicted octanol–water partition coefficient (Wildman–Crippen LogP) is 3.94. The van der Waals surface area contributed by atoms with Crippen LogP contribution in [0.15, 0.2) is 48.5 Å². The molecule has 2 amide bonds. The lowest BCUT2D eigenvalue weighted by Gasteiger charge is -2.36. The number of benzene rings is 2. The van der Waals surface area contributed by atoms with Gasteiger partial charge in [0.05, 0.1) is 18.1 Å². The number of nitrogens with zero attached hydrogens (tertiary/aromatic N) is 2. The monoisotopic (exact) mass is 399 g/mol. The lowest BCUT2D eigenvalue weighted by Crippen LogP contribution is -2.44. The summed E-state index contributed by atoms with van der Waals surface area (Å²) in [6.45, 7) is 0.374. The van der Waals surface area contributed by atoms with E-state index in [2.05, 4.69) is 5.32 Å². The second-order valence-electron chi connectivity index (χ2n) is 7.18. The molecule has 1 fully saturated rings. The van der Waals surface area contributed by atoms with Crippen molar-refractivity contribution < 1.29 is 19.6 Å². The Morgan fingerprint density at radius 2 is 1.93 bits per heavy atom. The summed E-state index contributed by atoms with van der Waals surface area (Å²) < 4.78 is 5.27. The second-order valence-corrected chi connectivity index (χ2v) is 7.18. The number of amides is 2. The number of methoxy groups -OCH3 is 1. The zero-order valence-corrected chi connectivity index (χ0v) is 16.3. The fraction of sp³-hybridized carbons (Fsp3) is 0.381. The van der Waals surface area contributed by atoms with Crippen molar-refractivity contribution in [3.63, 3.8) is 0 Å². The maximum absolute atomic E-state index is 13.1. The molecule has 3 rings (SSSR count). The minimum atomic E-state index is -0.494. The van der Waals surface area contributed by atoms with Crippen LogP contribution >= 0.6 is 0 Å². The summed E-state index contributed by atoms with van der Waals surface area (Å²) in [5, 5.41) is 23.6. The number of urea groups is 1. The van der Waals surface area contributed by atoms with E-state index in [1.54, 1.807) is 18.1 Å². The molecule has 1 aliphatic rings. The van der Waals surface area contributed by atoms with Crippen LogP contribution in [0.4, 0.5) is 16.2 Å². The van der Waals surface area contributed by atoms with Crippen molar-refractivity contribution >= 4 is 17.4 Å².